The van der Waals surface area contributed by atoms with Gasteiger partial charge < -0.3 is 10.5 Å². The molecule has 0 saturated heterocycles. The highest BCUT2D eigenvalue weighted by Crippen LogP contribution is 2.24. The molecule has 1 rings (SSSR count). The van der Waals surface area contributed by atoms with E-state index >= 15 is 0 Å². The van der Waals surface area contributed by atoms with Crippen LogP contribution in [0.3, 0.4) is 0 Å². The number of hydrazine groups is 1. The number of benzene rings is 1. The zero-order chi connectivity index (χ0) is 15.0. The van der Waals surface area contributed by atoms with Crippen molar-refractivity contribution in [2.45, 2.75) is 13.3 Å². The molecule has 1 aromatic rings. The zero-order valence-electron chi connectivity index (χ0n) is 11.0. The fourth-order valence-corrected chi connectivity index (χ4v) is 1.75. The minimum Gasteiger partial charge on any atom is -0.493 e. The Bertz CT molecular complexity index is 520. The molecule has 0 aliphatic carbocycles. The number of nitrogens with one attached hydrogen (secondary N) is 2. The van der Waals surface area contributed by atoms with Gasteiger partial charge in [-0.2, -0.15) is 0 Å². The predicted octanol–water partition coefficient (Wildman–Crippen LogP) is 2.12. The molecule has 0 fully saturated rings. The van der Waals surface area contributed by atoms with Crippen molar-refractivity contribution in [2.24, 2.45) is 5.73 Å². The summed E-state index contributed by atoms with van der Waals surface area (Å²) in [6.45, 7) is 2.65. The Morgan fingerprint density at radius 1 is 1.50 bits per heavy atom. The minimum absolute atomic E-state index is 0.00109. The van der Waals surface area contributed by atoms with E-state index in [4.69, 9.17) is 10.5 Å². The molecule has 0 saturated carbocycles. The number of nitrogens with two attached hydrogens (primary N) is 1. The number of halogens is 1. The van der Waals surface area contributed by atoms with Crippen LogP contribution in [-0.2, 0) is 4.79 Å². The van der Waals surface area contributed by atoms with E-state index in [0.717, 1.165) is 22.2 Å². The number of carbonyl (C=O) groups excluding carboxylic acids is 1. The smallest absolute Gasteiger partial charge is 0.262 e. The van der Waals surface area contributed by atoms with Crippen molar-refractivity contribution in [1.29, 1.82) is 0 Å². The van der Waals surface area contributed by atoms with E-state index in [1.807, 2.05) is 25.1 Å². The summed E-state index contributed by atoms with van der Waals surface area (Å²) in [4.78, 5) is 11.5. The van der Waals surface area contributed by atoms with Crippen molar-refractivity contribution in [1.82, 2.24) is 10.9 Å². The second-order valence-electron chi connectivity index (χ2n) is 3.84. The first-order chi connectivity index (χ1) is 9.52. The third-order valence-electron chi connectivity index (χ3n) is 2.16. The van der Waals surface area contributed by atoms with Crippen molar-refractivity contribution in [3.8, 4) is 5.75 Å². The van der Waals surface area contributed by atoms with Gasteiger partial charge in [0.05, 0.1) is 6.61 Å². The lowest BCUT2D eigenvalue weighted by molar-refractivity contribution is -0.116. The van der Waals surface area contributed by atoms with E-state index in [9.17, 15) is 4.79 Å². The number of carbonyl (C=O) groups is 1. The zero-order valence-corrected chi connectivity index (χ0v) is 13.4. The van der Waals surface area contributed by atoms with E-state index < -0.39 is 0 Å². The van der Waals surface area contributed by atoms with Gasteiger partial charge >= 0.3 is 0 Å². The van der Waals surface area contributed by atoms with Gasteiger partial charge in [-0.1, -0.05) is 22.9 Å². The minimum atomic E-state index is -0.362. The average molecular weight is 358 g/mol. The van der Waals surface area contributed by atoms with Crippen LogP contribution in [0, 0.1) is 0 Å². The highest BCUT2D eigenvalue weighted by molar-refractivity contribution is 9.10. The number of hydrogen-bond donors (Lipinski definition) is 3. The summed E-state index contributed by atoms with van der Waals surface area (Å²) < 4.78 is 6.52. The first-order valence-corrected chi connectivity index (χ1v) is 7.19. The molecule has 0 radical (unpaired) electrons. The number of rotatable bonds is 5. The standard InChI is InChI=1S/C13H16BrN3O2S/c1-2-7-19-11-5-4-10(14)8-9(11)3-6-12(18)16-17-13(15)20/h3-6,8H,2,7H2,1H3,(H,16,18)(H3,15,17,20)/b6-3+. The van der Waals surface area contributed by atoms with Gasteiger partial charge in [0.25, 0.3) is 5.91 Å². The van der Waals surface area contributed by atoms with E-state index in [1.165, 1.54) is 6.08 Å². The monoisotopic (exact) mass is 357 g/mol. The number of ether oxygens (including phenoxy) is 1. The normalized spacial score (nSPS) is 10.3. The molecule has 0 aromatic heterocycles. The van der Waals surface area contributed by atoms with Gasteiger partial charge in [-0.05, 0) is 42.9 Å². The quantitative estimate of drug-likeness (QED) is 0.427. The van der Waals surface area contributed by atoms with Crippen LogP contribution < -0.4 is 21.3 Å². The molecule has 0 aliphatic rings. The molecule has 7 heteroatoms. The third kappa shape index (κ3) is 6.03. The Balaban J connectivity index is 2.76. The molecular formula is C13H16BrN3O2S. The van der Waals surface area contributed by atoms with Crippen LogP contribution >= 0.6 is 28.1 Å². The van der Waals surface area contributed by atoms with Crippen molar-refractivity contribution in [3.05, 3.63) is 34.3 Å². The van der Waals surface area contributed by atoms with E-state index in [-0.39, 0.29) is 11.0 Å². The van der Waals surface area contributed by atoms with Crippen LogP contribution in [0.2, 0.25) is 0 Å². The van der Waals surface area contributed by atoms with E-state index in [0.29, 0.717) is 6.61 Å². The maximum absolute atomic E-state index is 11.5. The van der Waals surface area contributed by atoms with E-state index in [2.05, 4.69) is 39.0 Å². The van der Waals surface area contributed by atoms with Crippen LogP contribution in [0.1, 0.15) is 18.9 Å². The van der Waals surface area contributed by atoms with E-state index in [1.54, 1.807) is 6.08 Å². The largest absolute Gasteiger partial charge is 0.493 e. The third-order valence-corrected chi connectivity index (χ3v) is 2.75. The molecule has 0 aliphatic heterocycles. The molecule has 108 valence electrons. The van der Waals surface area contributed by atoms with Gasteiger partial charge in [0.2, 0.25) is 0 Å². The maximum atomic E-state index is 11.5. The first-order valence-electron chi connectivity index (χ1n) is 5.98. The highest BCUT2D eigenvalue weighted by atomic mass is 79.9. The summed E-state index contributed by atoms with van der Waals surface area (Å²) in [5.41, 5.74) is 10.7. The molecule has 4 N–H and O–H groups in total. The second kappa shape index (κ2) is 8.55. The Kier molecular flexibility index (Phi) is 7.03. The topological polar surface area (TPSA) is 76.4 Å². The molecule has 0 heterocycles. The number of hydrogen-bond acceptors (Lipinski definition) is 3. The fraction of sp³-hybridized carbons (Fsp3) is 0.231. The van der Waals surface area contributed by atoms with Gasteiger partial charge in [-0.25, -0.2) is 0 Å². The Labute approximate surface area is 131 Å². The maximum Gasteiger partial charge on any atom is 0.262 e. The SMILES string of the molecule is CCCOc1ccc(Br)cc1/C=C/C(=O)NNC(N)=S. The van der Waals surface area contributed by atoms with Crippen LogP contribution in [-0.4, -0.2) is 17.6 Å². The molecular weight excluding hydrogens is 342 g/mol. The molecule has 0 unspecified atom stereocenters. The van der Waals surface area contributed by atoms with Crippen molar-refractivity contribution in [2.75, 3.05) is 6.61 Å². The molecule has 1 aromatic carbocycles. The van der Waals surface area contributed by atoms with Gasteiger partial charge in [0, 0.05) is 16.1 Å². The summed E-state index contributed by atoms with van der Waals surface area (Å²) in [6.07, 6.45) is 3.94. The molecule has 20 heavy (non-hydrogen) atoms. The second-order valence-corrected chi connectivity index (χ2v) is 5.20. The summed E-state index contributed by atoms with van der Waals surface area (Å²) in [7, 11) is 0. The summed E-state index contributed by atoms with van der Waals surface area (Å²) >= 11 is 7.96. The van der Waals surface area contributed by atoms with Crippen LogP contribution in [0.4, 0.5) is 0 Å². The molecule has 5 nitrogen and oxygen atoms in total. The van der Waals surface area contributed by atoms with Gasteiger partial charge in [-0.3, -0.25) is 15.6 Å². The highest BCUT2D eigenvalue weighted by Gasteiger charge is 2.03. The molecule has 0 bridgehead atoms. The number of thiocarbonyl (C=S) groups is 1. The molecule has 1 amide bonds. The fourth-order valence-electron chi connectivity index (χ4n) is 1.32. The lowest BCUT2D eigenvalue weighted by Crippen LogP contribution is -2.43. The first kappa shape index (κ1) is 16.5. The Hall–Kier alpha value is -1.60. The lowest BCUT2D eigenvalue weighted by atomic mass is 10.2. The Morgan fingerprint density at radius 3 is 2.90 bits per heavy atom. The predicted molar refractivity (Wildman–Crippen MR) is 87.0 cm³/mol. The van der Waals surface area contributed by atoms with Crippen LogP contribution in [0.25, 0.3) is 6.08 Å². The molecule has 0 spiro atoms. The van der Waals surface area contributed by atoms with Crippen LogP contribution in [0.5, 0.6) is 5.75 Å². The Morgan fingerprint density at radius 2 is 2.25 bits per heavy atom. The lowest BCUT2D eigenvalue weighted by Gasteiger charge is -2.08. The van der Waals surface area contributed by atoms with Crippen molar-refractivity contribution >= 4 is 45.2 Å². The van der Waals surface area contributed by atoms with Crippen molar-refractivity contribution < 1.29 is 9.53 Å². The summed E-state index contributed by atoms with van der Waals surface area (Å²) in [5.74, 6) is 0.362. The van der Waals surface area contributed by atoms with Gasteiger partial charge in [-0.15, -0.1) is 0 Å². The van der Waals surface area contributed by atoms with Gasteiger partial charge in [0.1, 0.15) is 5.75 Å². The van der Waals surface area contributed by atoms with Gasteiger partial charge in [0.15, 0.2) is 5.11 Å². The average Bonchev–Trinajstić information content (AvgIpc) is 2.41. The summed E-state index contributed by atoms with van der Waals surface area (Å²) in [5, 5.41) is 0.00109. The van der Waals surface area contributed by atoms with Crippen molar-refractivity contribution in [3.63, 3.8) is 0 Å². The van der Waals surface area contributed by atoms with Crippen LogP contribution in [0.15, 0.2) is 28.7 Å². The molecule has 0 atom stereocenters. The summed E-state index contributed by atoms with van der Waals surface area (Å²) in [6, 6.07) is 5.61. The number of amides is 1.